The first-order valence-corrected chi connectivity index (χ1v) is 7.17. The van der Waals surface area contributed by atoms with Crippen LogP contribution in [0, 0.1) is 0 Å². The Morgan fingerprint density at radius 1 is 1.44 bits per heavy atom. The number of hydrogen-bond donors (Lipinski definition) is 2. The summed E-state index contributed by atoms with van der Waals surface area (Å²) in [5, 5.41) is 0. The summed E-state index contributed by atoms with van der Waals surface area (Å²) in [6, 6.07) is 1.28. The third-order valence-electron chi connectivity index (χ3n) is 2.55. The smallest absolute Gasteiger partial charge is 0.268 e. The van der Waals surface area contributed by atoms with Crippen LogP contribution in [0.15, 0.2) is 26.4 Å². The van der Waals surface area contributed by atoms with Gasteiger partial charge in [-0.2, -0.15) is 0 Å². The van der Waals surface area contributed by atoms with Gasteiger partial charge in [-0.25, -0.2) is 13.1 Å². The van der Waals surface area contributed by atoms with Crippen molar-refractivity contribution in [2.24, 2.45) is 0 Å². The van der Waals surface area contributed by atoms with Gasteiger partial charge in [0.05, 0.1) is 0 Å². The lowest BCUT2D eigenvalue weighted by atomic mass is 9.94. The summed E-state index contributed by atoms with van der Waals surface area (Å²) >= 11 is 3.12. The molecule has 0 unspecified atom stereocenters. The van der Waals surface area contributed by atoms with Crippen LogP contribution in [0.1, 0.15) is 19.3 Å². The van der Waals surface area contributed by atoms with E-state index in [0.29, 0.717) is 4.47 Å². The van der Waals surface area contributed by atoms with Crippen molar-refractivity contribution in [3.05, 3.63) is 27.1 Å². The van der Waals surface area contributed by atoms with Gasteiger partial charge in [0, 0.05) is 16.7 Å². The van der Waals surface area contributed by atoms with E-state index in [1.165, 1.54) is 12.3 Å². The van der Waals surface area contributed by atoms with Gasteiger partial charge in [-0.05, 0) is 34.8 Å². The molecular weight excluding hydrogens is 296 g/mol. The molecule has 0 radical (unpaired) electrons. The van der Waals surface area contributed by atoms with Crippen molar-refractivity contribution in [2.45, 2.75) is 30.2 Å². The molecule has 0 bridgehead atoms. The summed E-state index contributed by atoms with van der Waals surface area (Å²) in [7, 11) is -3.70. The highest BCUT2D eigenvalue weighted by atomic mass is 79.9. The number of rotatable bonds is 3. The largest absolute Gasteiger partial charge is 0.327 e. The first kappa shape index (κ1) is 11.8. The second kappa shape index (κ2) is 4.31. The van der Waals surface area contributed by atoms with Crippen LogP contribution in [-0.4, -0.2) is 19.4 Å². The maximum atomic E-state index is 11.9. The lowest BCUT2D eigenvalue weighted by molar-refractivity contribution is 0.383. The van der Waals surface area contributed by atoms with Gasteiger partial charge < -0.3 is 4.98 Å². The van der Waals surface area contributed by atoms with Crippen molar-refractivity contribution >= 4 is 26.0 Å². The summed E-state index contributed by atoms with van der Waals surface area (Å²) in [6.45, 7) is 0. The summed E-state index contributed by atoms with van der Waals surface area (Å²) in [6.07, 6.45) is 4.11. The zero-order chi connectivity index (χ0) is 11.8. The van der Waals surface area contributed by atoms with Crippen LogP contribution in [-0.2, 0) is 10.0 Å². The highest BCUT2D eigenvalue weighted by molar-refractivity contribution is 9.10. The number of H-pyrrole nitrogens is 1. The Morgan fingerprint density at radius 3 is 2.69 bits per heavy atom. The van der Waals surface area contributed by atoms with Gasteiger partial charge in [-0.3, -0.25) is 4.79 Å². The molecule has 1 aliphatic carbocycles. The van der Waals surface area contributed by atoms with Gasteiger partial charge in [0.25, 0.3) is 5.56 Å². The summed E-state index contributed by atoms with van der Waals surface area (Å²) in [5.41, 5.74) is -0.602. The van der Waals surface area contributed by atoms with Crippen LogP contribution in [0.25, 0.3) is 0 Å². The molecule has 88 valence electrons. The SMILES string of the molecule is O=c1[nH]cc(Br)cc1S(=O)(=O)NC1CCC1. The maximum absolute atomic E-state index is 11.9. The Balaban J connectivity index is 2.34. The van der Waals surface area contributed by atoms with E-state index in [-0.39, 0.29) is 10.9 Å². The molecule has 2 N–H and O–H groups in total. The van der Waals surface area contributed by atoms with E-state index in [4.69, 9.17) is 0 Å². The first-order valence-electron chi connectivity index (χ1n) is 4.89. The zero-order valence-electron chi connectivity index (χ0n) is 8.36. The number of pyridine rings is 1. The Labute approximate surface area is 101 Å². The minimum Gasteiger partial charge on any atom is -0.327 e. The van der Waals surface area contributed by atoms with Crippen LogP contribution in [0.4, 0.5) is 0 Å². The third kappa shape index (κ3) is 2.36. The number of aromatic amines is 1. The Hall–Kier alpha value is -0.660. The van der Waals surface area contributed by atoms with Crippen molar-refractivity contribution in [3.63, 3.8) is 0 Å². The maximum Gasteiger partial charge on any atom is 0.268 e. The normalized spacial score (nSPS) is 17.1. The van der Waals surface area contributed by atoms with Gasteiger partial charge in [0.2, 0.25) is 10.0 Å². The van der Waals surface area contributed by atoms with Crippen LogP contribution in [0.3, 0.4) is 0 Å². The quantitative estimate of drug-likeness (QED) is 0.873. The minimum atomic E-state index is -3.70. The average molecular weight is 307 g/mol. The molecule has 7 heteroatoms. The molecule has 0 saturated heterocycles. The Kier molecular flexibility index (Phi) is 3.18. The van der Waals surface area contributed by atoms with E-state index in [1.54, 1.807) is 0 Å². The molecule has 2 rings (SSSR count). The Morgan fingerprint density at radius 2 is 2.12 bits per heavy atom. The lowest BCUT2D eigenvalue weighted by Gasteiger charge is -2.25. The second-order valence-corrected chi connectivity index (χ2v) is 6.36. The van der Waals surface area contributed by atoms with E-state index >= 15 is 0 Å². The van der Waals surface area contributed by atoms with Crippen LogP contribution in [0.2, 0.25) is 0 Å². The number of aromatic nitrogens is 1. The van der Waals surface area contributed by atoms with Gasteiger partial charge in [-0.1, -0.05) is 6.42 Å². The van der Waals surface area contributed by atoms with Gasteiger partial charge in [-0.15, -0.1) is 0 Å². The van der Waals surface area contributed by atoms with Crippen molar-refractivity contribution in [2.75, 3.05) is 0 Å². The molecule has 1 aliphatic rings. The van der Waals surface area contributed by atoms with Crippen molar-refractivity contribution in [3.8, 4) is 0 Å². The van der Waals surface area contributed by atoms with Gasteiger partial charge in [0.1, 0.15) is 4.90 Å². The summed E-state index contributed by atoms with van der Waals surface area (Å²) in [5.74, 6) is 0. The molecule has 0 amide bonds. The molecule has 0 aliphatic heterocycles. The summed E-state index contributed by atoms with van der Waals surface area (Å²) < 4.78 is 26.8. The predicted molar refractivity (Wildman–Crippen MR) is 62.7 cm³/mol. The molecule has 1 aromatic heterocycles. The summed E-state index contributed by atoms with van der Waals surface area (Å²) in [4.78, 5) is 13.5. The van der Waals surface area contributed by atoms with Crippen LogP contribution >= 0.6 is 15.9 Å². The molecule has 1 heterocycles. The molecular formula is C9H11BrN2O3S. The minimum absolute atomic E-state index is 0.0246. The first-order chi connectivity index (χ1) is 7.49. The average Bonchev–Trinajstić information content (AvgIpc) is 2.16. The molecule has 5 nitrogen and oxygen atoms in total. The number of sulfonamides is 1. The van der Waals surface area contributed by atoms with Gasteiger partial charge >= 0.3 is 0 Å². The zero-order valence-corrected chi connectivity index (χ0v) is 10.8. The van der Waals surface area contributed by atoms with Crippen molar-refractivity contribution < 1.29 is 8.42 Å². The number of halogens is 1. The second-order valence-electron chi connectivity index (χ2n) is 3.76. The molecule has 0 aromatic carbocycles. The highest BCUT2D eigenvalue weighted by Gasteiger charge is 2.26. The lowest BCUT2D eigenvalue weighted by Crippen LogP contribution is -2.41. The van der Waals surface area contributed by atoms with Crippen LogP contribution in [0.5, 0.6) is 0 Å². The van der Waals surface area contributed by atoms with Crippen LogP contribution < -0.4 is 10.3 Å². The van der Waals surface area contributed by atoms with Gasteiger partial charge in [0.15, 0.2) is 0 Å². The highest BCUT2D eigenvalue weighted by Crippen LogP contribution is 2.20. The van der Waals surface area contributed by atoms with E-state index in [1.807, 2.05) is 0 Å². The molecule has 16 heavy (non-hydrogen) atoms. The molecule has 0 spiro atoms. The monoisotopic (exact) mass is 306 g/mol. The van der Waals surface area contributed by atoms with Crippen molar-refractivity contribution in [1.82, 2.24) is 9.71 Å². The molecule has 1 aromatic rings. The Bertz CT molecular complexity index is 548. The fraction of sp³-hybridized carbons (Fsp3) is 0.444. The molecule has 1 saturated carbocycles. The molecule has 1 fully saturated rings. The van der Waals surface area contributed by atoms with Crippen molar-refractivity contribution in [1.29, 1.82) is 0 Å². The van der Waals surface area contributed by atoms with E-state index < -0.39 is 15.6 Å². The molecule has 0 atom stereocenters. The topological polar surface area (TPSA) is 79.0 Å². The number of nitrogens with one attached hydrogen (secondary N) is 2. The van der Waals surface area contributed by atoms with E-state index in [0.717, 1.165) is 19.3 Å². The predicted octanol–water partition coefficient (Wildman–Crippen LogP) is 0.968. The van der Waals surface area contributed by atoms with E-state index in [9.17, 15) is 13.2 Å². The van der Waals surface area contributed by atoms with E-state index in [2.05, 4.69) is 25.6 Å². The third-order valence-corrected chi connectivity index (χ3v) is 4.53. The fourth-order valence-corrected chi connectivity index (χ4v) is 3.33. The number of hydrogen-bond acceptors (Lipinski definition) is 3. The fourth-order valence-electron chi connectivity index (χ4n) is 1.45. The standard InChI is InChI=1S/C9H11BrN2O3S/c10-6-4-8(9(13)11-5-6)16(14,15)12-7-2-1-3-7/h4-5,7,12H,1-3H2,(H,11,13).